The van der Waals surface area contributed by atoms with Crippen molar-refractivity contribution in [2.75, 3.05) is 16.5 Å². The van der Waals surface area contributed by atoms with E-state index in [4.69, 9.17) is 21.4 Å². The Kier molecular flexibility index (Phi) is 7.81. The van der Waals surface area contributed by atoms with Gasteiger partial charge in [-0.3, -0.25) is 9.59 Å². The van der Waals surface area contributed by atoms with Gasteiger partial charge in [0.2, 0.25) is 5.91 Å². The molecule has 0 bridgehead atoms. The van der Waals surface area contributed by atoms with Crippen LogP contribution in [0.15, 0.2) is 77.9 Å². The zero-order valence-corrected chi connectivity index (χ0v) is 26.3. The van der Waals surface area contributed by atoms with E-state index in [2.05, 4.69) is 0 Å². The Morgan fingerprint density at radius 3 is 2.53 bits per heavy atom. The lowest BCUT2D eigenvalue weighted by Gasteiger charge is -2.32. The third-order valence-electron chi connectivity index (χ3n) is 8.99. The second-order valence-electron chi connectivity index (χ2n) is 12.2. The summed E-state index contributed by atoms with van der Waals surface area (Å²) in [6.45, 7) is 5.81. The molecule has 0 aromatic heterocycles. The number of hydrogen-bond donors (Lipinski definition) is 2. The largest absolute Gasteiger partial charge is 0.432 e. The number of halogens is 1. The minimum Gasteiger partial charge on any atom is -0.432 e. The summed E-state index contributed by atoms with van der Waals surface area (Å²) >= 11 is 6.47. The molecule has 224 valence electrons. The fourth-order valence-electron chi connectivity index (χ4n) is 7.16. The molecule has 43 heavy (non-hydrogen) atoms. The van der Waals surface area contributed by atoms with Gasteiger partial charge in [0.1, 0.15) is 0 Å². The predicted molar refractivity (Wildman–Crippen MR) is 170 cm³/mol. The maximum absolute atomic E-state index is 14.5. The number of rotatable bonds is 7. The van der Waals surface area contributed by atoms with Gasteiger partial charge in [-0.25, -0.2) is 5.01 Å². The predicted octanol–water partition coefficient (Wildman–Crippen LogP) is 5.60. The van der Waals surface area contributed by atoms with Crippen LogP contribution in [0.1, 0.15) is 42.9 Å². The summed E-state index contributed by atoms with van der Waals surface area (Å²) in [7, 11) is -2.79. The van der Waals surface area contributed by atoms with Gasteiger partial charge >= 0.3 is 0 Å². The number of benzene rings is 3. The summed E-state index contributed by atoms with van der Waals surface area (Å²) in [5, 5.41) is 16.5. The first-order valence-electron chi connectivity index (χ1n) is 14.7. The number of carbonyl (C=O) groups excluding carboxylic acids is 2. The third-order valence-corrected chi connectivity index (χ3v) is 11.7. The lowest BCUT2D eigenvalue weighted by Crippen LogP contribution is -2.46. The molecule has 4 atom stereocenters. The Bertz CT molecular complexity index is 1590. The molecule has 1 spiro atoms. The number of anilines is 2. The molecule has 3 aromatic carbocycles. The van der Waals surface area contributed by atoms with Crippen molar-refractivity contribution >= 4 is 48.8 Å². The Balaban J connectivity index is 1.35. The van der Waals surface area contributed by atoms with E-state index < -0.39 is 20.0 Å². The van der Waals surface area contributed by atoms with Crippen LogP contribution in [-0.4, -0.2) is 48.5 Å². The number of aliphatic hydroxyl groups excluding tert-OH is 1. The molecule has 6 rings (SSSR count). The Labute approximate surface area is 257 Å². The van der Waals surface area contributed by atoms with Gasteiger partial charge in [-0.15, -0.1) is 0 Å². The van der Waals surface area contributed by atoms with Crippen LogP contribution in [0.5, 0.6) is 0 Å². The molecule has 0 unspecified atom stereocenters. The molecule has 3 aliphatic rings. The van der Waals surface area contributed by atoms with E-state index in [-0.39, 0.29) is 36.4 Å². The van der Waals surface area contributed by atoms with Gasteiger partial charge in [-0.2, -0.15) is 5.10 Å². The van der Waals surface area contributed by atoms with Gasteiger partial charge in [-0.05, 0) is 61.0 Å². The van der Waals surface area contributed by atoms with Crippen molar-refractivity contribution in [1.82, 2.24) is 0 Å². The average Bonchev–Trinajstić information content (AvgIpc) is 3.40. The van der Waals surface area contributed by atoms with Gasteiger partial charge in [0.05, 0.1) is 29.7 Å². The molecule has 3 aliphatic heterocycles. The lowest BCUT2D eigenvalue weighted by molar-refractivity contribution is -0.146. The molecule has 0 radical (unpaired) electrons. The van der Waals surface area contributed by atoms with Crippen LogP contribution < -0.4 is 9.91 Å². The zero-order chi connectivity index (χ0) is 30.5. The van der Waals surface area contributed by atoms with Crippen molar-refractivity contribution in [3.8, 4) is 0 Å². The first kappa shape index (κ1) is 29.7. The molecular weight excluding hydrogens is 582 g/mol. The first-order chi connectivity index (χ1) is 20.5. The standard InChI is InChI=1S/C33H36ClN3O5Si/c1-21-31(43(2,3)41)29(16-17-38)42-33(21)26-19-24(34)12-14-28(26)36(32(33)40)20-22-8-7-11-25(18-22)37-30(39)15-13-27(35-37)23-9-5-4-6-10-23/h4-12,14,18-19,21,29,31,38,41H,13,15-17,20H2,1-3H3/t21-,29+,31-,33+/m1/s1. The van der Waals surface area contributed by atoms with E-state index in [9.17, 15) is 19.5 Å². The molecule has 3 aromatic rings. The van der Waals surface area contributed by atoms with E-state index >= 15 is 0 Å². The minimum absolute atomic E-state index is 0.0852. The lowest BCUT2D eigenvalue weighted by atomic mass is 9.82. The molecule has 8 nitrogen and oxygen atoms in total. The summed E-state index contributed by atoms with van der Waals surface area (Å²) < 4.78 is 6.64. The number of ether oxygens (including phenoxy) is 1. The maximum atomic E-state index is 14.5. The van der Waals surface area contributed by atoms with Crippen molar-refractivity contribution < 1.29 is 24.2 Å². The highest BCUT2D eigenvalue weighted by Crippen LogP contribution is 2.60. The van der Waals surface area contributed by atoms with Gasteiger partial charge < -0.3 is 19.5 Å². The molecule has 0 saturated carbocycles. The number of amides is 2. The zero-order valence-electron chi connectivity index (χ0n) is 24.5. The Morgan fingerprint density at radius 2 is 1.81 bits per heavy atom. The summed E-state index contributed by atoms with van der Waals surface area (Å²) in [5.74, 6) is -0.642. The van der Waals surface area contributed by atoms with E-state index in [0.29, 0.717) is 41.2 Å². The fourth-order valence-corrected chi connectivity index (χ4v) is 9.94. The summed E-state index contributed by atoms with van der Waals surface area (Å²) in [4.78, 5) is 40.5. The van der Waals surface area contributed by atoms with Gasteiger partial charge in [0.15, 0.2) is 13.9 Å². The number of hydrogen-bond acceptors (Lipinski definition) is 6. The molecular formula is C33H36ClN3O5Si. The topological polar surface area (TPSA) is 103 Å². The number of nitrogens with zero attached hydrogens (tertiary/aromatic N) is 3. The van der Waals surface area contributed by atoms with Gasteiger partial charge in [-0.1, -0.05) is 61.0 Å². The number of fused-ring (bicyclic) bond motifs is 2. The second-order valence-corrected chi connectivity index (χ2v) is 16.6. The Morgan fingerprint density at radius 1 is 1.05 bits per heavy atom. The molecule has 3 heterocycles. The van der Waals surface area contributed by atoms with Gasteiger partial charge in [0.25, 0.3) is 5.91 Å². The normalized spacial score (nSPS) is 25.4. The highest BCUT2D eigenvalue weighted by atomic mass is 35.5. The number of aliphatic hydroxyl groups is 1. The van der Waals surface area contributed by atoms with Crippen LogP contribution in [0.2, 0.25) is 23.7 Å². The molecule has 1 saturated heterocycles. The fraction of sp³-hybridized carbons (Fsp3) is 0.364. The quantitative estimate of drug-likeness (QED) is 0.336. The van der Waals surface area contributed by atoms with E-state index in [1.807, 2.05) is 80.7 Å². The average molecular weight is 618 g/mol. The van der Waals surface area contributed by atoms with E-state index in [1.54, 1.807) is 17.0 Å². The highest BCUT2D eigenvalue weighted by molar-refractivity contribution is 6.71. The van der Waals surface area contributed by atoms with Crippen LogP contribution in [-0.2, 0) is 26.5 Å². The second kappa shape index (κ2) is 11.3. The SMILES string of the molecule is C[C@@H]1[C@@H]([Si](C)(C)O)[C@H](CCO)O[C@@]12C(=O)N(Cc1cccc(N3N=C(c4ccccc4)CCC3=O)c1)c1ccc(Cl)cc12. The highest BCUT2D eigenvalue weighted by Gasteiger charge is 2.66. The van der Waals surface area contributed by atoms with Crippen LogP contribution in [0.4, 0.5) is 11.4 Å². The van der Waals surface area contributed by atoms with Gasteiger partial charge in [0, 0.05) is 41.5 Å². The molecule has 2 N–H and O–H groups in total. The summed E-state index contributed by atoms with van der Waals surface area (Å²) in [6, 6.07) is 22.8. The molecule has 10 heteroatoms. The maximum Gasteiger partial charge on any atom is 0.264 e. The monoisotopic (exact) mass is 617 g/mol. The smallest absolute Gasteiger partial charge is 0.264 e. The number of hydrazone groups is 1. The molecule has 2 amide bonds. The number of carbonyl (C=O) groups is 2. The van der Waals surface area contributed by atoms with Crippen molar-refractivity contribution in [3.05, 3.63) is 94.5 Å². The first-order valence-corrected chi connectivity index (χ1v) is 18.1. The van der Waals surface area contributed by atoms with Crippen LogP contribution in [0, 0.1) is 5.92 Å². The van der Waals surface area contributed by atoms with Crippen molar-refractivity contribution in [1.29, 1.82) is 0 Å². The minimum atomic E-state index is -2.79. The van der Waals surface area contributed by atoms with E-state index in [0.717, 1.165) is 16.8 Å². The third kappa shape index (κ3) is 5.13. The van der Waals surface area contributed by atoms with Crippen molar-refractivity contribution in [2.24, 2.45) is 11.0 Å². The summed E-state index contributed by atoms with van der Waals surface area (Å²) in [6.07, 6.45) is 0.795. The molecule has 1 fully saturated rings. The Hall–Kier alpha value is -3.34. The van der Waals surface area contributed by atoms with Crippen LogP contribution in [0.25, 0.3) is 0 Å². The summed E-state index contributed by atoms with van der Waals surface area (Å²) in [5.41, 5.74) is 3.08. The van der Waals surface area contributed by atoms with Crippen LogP contribution >= 0.6 is 11.6 Å². The van der Waals surface area contributed by atoms with Crippen LogP contribution in [0.3, 0.4) is 0 Å². The van der Waals surface area contributed by atoms with Crippen molar-refractivity contribution in [2.45, 2.75) is 63.1 Å². The molecule has 0 aliphatic carbocycles. The van der Waals surface area contributed by atoms with E-state index in [1.165, 1.54) is 5.01 Å². The van der Waals surface area contributed by atoms with Crippen molar-refractivity contribution in [3.63, 3.8) is 0 Å².